The molecule has 0 radical (unpaired) electrons. The van der Waals surface area contributed by atoms with Crippen LogP contribution in [0.5, 0.6) is 0 Å². The molecule has 0 fully saturated rings. The third-order valence-corrected chi connectivity index (χ3v) is 2.56. The molecule has 0 aliphatic rings. The van der Waals surface area contributed by atoms with Crippen molar-refractivity contribution in [1.82, 2.24) is 0 Å². The van der Waals surface area contributed by atoms with E-state index >= 15 is 0 Å². The van der Waals surface area contributed by atoms with Crippen molar-refractivity contribution in [3.63, 3.8) is 0 Å². The topological polar surface area (TPSA) is 26.0 Å². The smallest absolute Gasteiger partial charge is 0.326 e. The van der Waals surface area contributed by atoms with Crippen molar-refractivity contribution in [2.75, 3.05) is 0 Å². The SMILES string of the molecule is NCc1c(C(F)(F)F)ccc(F)c1Br. The lowest BCUT2D eigenvalue weighted by Crippen LogP contribution is -2.13. The molecule has 0 aliphatic heterocycles. The molecular weight excluding hydrogens is 266 g/mol. The maximum Gasteiger partial charge on any atom is 0.416 e. The first kappa shape index (κ1) is 11.5. The maximum atomic E-state index is 12.9. The third-order valence-electron chi connectivity index (χ3n) is 1.71. The van der Waals surface area contributed by atoms with Crippen molar-refractivity contribution < 1.29 is 17.6 Å². The van der Waals surface area contributed by atoms with E-state index in [9.17, 15) is 17.6 Å². The predicted octanol–water partition coefficient (Wildman–Crippen LogP) is 3.07. The quantitative estimate of drug-likeness (QED) is 0.781. The third kappa shape index (κ3) is 2.06. The molecule has 0 amide bonds. The molecule has 1 rings (SSSR count). The van der Waals surface area contributed by atoms with Gasteiger partial charge in [0.1, 0.15) is 5.82 Å². The van der Waals surface area contributed by atoms with Gasteiger partial charge in [0, 0.05) is 6.54 Å². The zero-order chi connectivity index (χ0) is 10.9. The fourth-order valence-corrected chi connectivity index (χ4v) is 1.57. The van der Waals surface area contributed by atoms with Crippen molar-refractivity contribution in [3.8, 4) is 0 Å². The lowest BCUT2D eigenvalue weighted by molar-refractivity contribution is -0.138. The van der Waals surface area contributed by atoms with Gasteiger partial charge in [-0.2, -0.15) is 13.2 Å². The first-order valence-electron chi connectivity index (χ1n) is 3.62. The summed E-state index contributed by atoms with van der Waals surface area (Å²) in [6.45, 7) is -0.368. The Bertz CT molecular complexity index is 348. The van der Waals surface area contributed by atoms with E-state index in [1.54, 1.807) is 0 Å². The highest BCUT2D eigenvalue weighted by atomic mass is 79.9. The Kier molecular flexibility index (Phi) is 3.16. The van der Waals surface area contributed by atoms with E-state index in [1.165, 1.54) is 0 Å². The molecule has 14 heavy (non-hydrogen) atoms. The summed E-state index contributed by atoms with van der Waals surface area (Å²) in [6, 6.07) is 1.44. The van der Waals surface area contributed by atoms with E-state index in [0.717, 1.165) is 6.07 Å². The first-order chi connectivity index (χ1) is 6.38. The highest BCUT2D eigenvalue weighted by molar-refractivity contribution is 9.10. The van der Waals surface area contributed by atoms with E-state index in [2.05, 4.69) is 15.9 Å². The van der Waals surface area contributed by atoms with Crippen LogP contribution in [0.2, 0.25) is 0 Å². The highest BCUT2D eigenvalue weighted by Crippen LogP contribution is 2.35. The van der Waals surface area contributed by atoms with Crippen molar-refractivity contribution in [2.45, 2.75) is 12.7 Å². The number of nitrogens with two attached hydrogens (primary N) is 1. The largest absolute Gasteiger partial charge is 0.416 e. The number of benzene rings is 1. The fraction of sp³-hybridized carbons (Fsp3) is 0.250. The molecule has 1 aromatic carbocycles. The molecule has 0 unspecified atom stereocenters. The molecule has 0 atom stereocenters. The summed E-state index contributed by atoms with van der Waals surface area (Å²) in [5.41, 5.74) is 3.95. The summed E-state index contributed by atoms with van der Waals surface area (Å²) in [6.07, 6.45) is -4.51. The number of hydrogen-bond donors (Lipinski definition) is 1. The molecule has 0 aromatic heterocycles. The van der Waals surface area contributed by atoms with Crippen LogP contribution in [0.1, 0.15) is 11.1 Å². The highest BCUT2D eigenvalue weighted by Gasteiger charge is 2.34. The number of hydrogen-bond acceptors (Lipinski definition) is 1. The number of halogens is 5. The lowest BCUT2D eigenvalue weighted by atomic mass is 10.1. The van der Waals surface area contributed by atoms with Crippen LogP contribution in [-0.2, 0) is 12.7 Å². The molecule has 0 aliphatic carbocycles. The normalized spacial score (nSPS) is 11.9. The molecular formula is C8H6BrF4N. The molecule has 78 valence electrons. The Labute approximate surface area is 86.0 Å². The van der Waals surface area contributed by atoms with E-state index < -0.39 is 17.6 Å². The summed E-state index contributed by atoms with van der Waals surface area (Å²) in [7, 11) is 0. The first-order valence-corrected chi connectivity index (χ1v) is 4.41. The molecule has 0 saturated carbocycles. The van der Waals surface area contributed by atoms with E-state index in [4.69, 9.17) is 5.73 Å². The Morgan fingerprint density at radius 1 is 1.29 bits per heavy atom. The molecule has 0 bridgehead atoms. The van der Waals surface area contributed by atoms with Crippen LogP contribution in [0.25, 0.3) is 0 Å². The van der Waals surface area contributed by atoms with Crippen LogP contribution in [0, 0.1) is 5.82 Å². The zero-order valence-electron chi connectivity index (χ0n) is 6.83. The second kappa shape index (κ2) is 3.86. The van der Waals surface area contributed by atoms with Gasteiger partial charge in [0.25, 0.3) is 0 Å². The Hall–Kier alpha value is -0.620. The van der Waals surface area contributed by atoms with Crippen LogP contribution in [0.15, 0.2) is 16.6 Å². The van der Waals surface area contributed by atoms with E-state index in [1.807, 2.05) is 0 Å². The lowest BCUT2D eigenvalue weighted by Gasteiger charge is -2.13. The van der Waals surface area contributed by atoms with Crippen molar-refractivity contribution >= 4 is 15.9 Å². The average Bonchev–Trinajstić information content (AvgIpc) is 2.07. The van der Waals surface area contributed by atoms with Crippen molar-refractivity contribution in [2.24, 2.45) is 5.73 Å². The van der Waals surface area contributed by atoms with E-state index in [-0.39, 0.29) is 16.6 Å². The van der Waals surface area contributed by atoms with Gasteiger partial charge in [-0.05, 0) is 33.6 Å². The average molecular weight is 272 g/mol. The standard InChI is InChI=1S/C8H6BrF4N/c9-7-4(3-14)5(8(11,12)13)1-2-6(7)10/h1-2H,3,14H2. The van der Waals surface area contributed by atoms with Gasteiger partial charge in [-0.3, -0.25) is 0 Å². The van der Waals surface area contributed by atoms with Crippen LogP contribution < -0.4 is 5.73 Å². The molecule has 0 heterocycles. The summed E-state index contributed by atoms with van der Waals surface area (Å²) < 4.78 is 49.7. The Balaban J connectivity index is 3.39. The number of rotatable bonds is 1. The van der Waals surface area contributed by atoms with E-state index in [0.29, 0.717) is 6.07 Å². The molecule has 0 saturated heterocycles. The van der Waals surface area contributed by atoms with Crippen LogP contribution in [0.3, 0.4) is 0 Å². The van der Waals surface area contributed by atoms with Gasteiger partial charge < -0.3 is 5.73 Å². The van der Waals surface area contributed by atoms with Crippen LogP contribution in [0.4, 0.5) is 17.6 Å². The number of alkyl halides is 3. The van der Waals surface area contributed by atoms with Crippen molar-refractivity contribution in [1.29, 1.82) is 0 Å². The van der Waals surface area contributed by atoms with Gasteiger partial charge in [0.2, 0.25) is 0 Å². The van der Waals surface area contributed by atoms with Crippen LogP contribution >= 0.6 is 15.9 Å². The second-order valence-corrected chi connectivity index (χ2v) is 3.38. The Morgan fingerprint density at radius 2 is 1.86 bits per heavy atom. The zero-order valence-corrected chi connectivity index (χ0v) is 8.41. The van der Waals surface area contributed by atoms with Gasteiger partial charge in [-0.15, -0.1) is 0 Å². The summed E-state index contributed by atoms with van der Waals surface area (Å²) >= 11 is 2.73. The van der Waals surface area contributed by atoms with Gasteiger partial charge in [-0.1, -0.05) is 0 Å². The summed E-state index contributed by atoms with van der Waals surface area (Å²) in [4.78, 5) is 0. The minimum Gasteiger partial charge on any atom is -0.326 e. The Morgan fingerprint density at radius 3 is 2.29 bits per heavy atom. The van der Waals surface area contributed by atoms with Gasteiger partial charge >= 0.3 is 6.18 Å². The molecule has 0 spiro atoms. The maximum absolute atomic E-state index is 12.9. The second-order valence-electron chi connectivity index (χ2n) is 2.59. The minimum atomic E-state index is -4.51. The molecule has 2 N–H and O–H groups in total. The molecule has 1 aromatic rings. The van der Waals surface area contributed by atoms with Gasteiger partial charge in [0.05, 0.1) is 10.0 Å². The fourth-order valence-electron chi connectivity index (χ4n) is 1.06. The monoisotopic (exact) mass is 271 g/mol. The molecule has 1 nitrogen and oxygen atoms in total. The minimum absolute atomic E-state index is 0.227. The predicted molar refractivity (Wildman–Crippen MR) is 47.0 cm³/mol. The molecule has 6 heteroatoms. The summed E-state index contributed by atoms with van der Waals surface area (Å²) in [5.74, 6) is -0.751. The van der Waals surface area contributed by atoms with Gasteiger partial charge in [0.15, 0.2) is 0 Å². The van der Waals surface area contributed by atoms with Crippen molar-refractivity contribution in [3.05, 3.63) is 33.5 Å². The van der Waals surface area contributed by atoms with Gasteiger partial charge in [-0.25, -0.2) is 4.39 Å². The van der Waals surface area contributed by atoms with Crippen LogP contribution in [-0.4, -0.2) is 0 Å². The summed E-state index contributed by atoms with van der Waals surface area (Å²) in [5, 5.41) is 0.